The first kappa shape index (κ1) is 16.4. The summed E-state index contributed by atoms with van der Waals surface area (Å²) in [5.74, 6) is 0. The Labute approximate surface area is 119 Å². The van der Waals surface area contributed by atoms with E-state index in [1.165, 1.54) is 6.07 Å². The molecule has 0 saturated carbocycles. The highest BCUT2D eigenvalue weighted by atomic mass is 16.6. The van der Waals surface area contributed by atoms with Gasteiger partial charge < -0.3 is 10.1 Å². The molecule has 6 nitrogen and oxygen atoms in total. The van der Waals surface area contributed by atoms with Crippen molar-refractivity contribution in [1.82, 2.24) is 4.90 Å². The number of non-ortho nitro benzene ring substituents is 1. The smallest absolute Gasteiger partial charge is 0.269 e. The van der Waals surface area contributed by atoms with Crippen LogP contribution >= 0.6 is 0 Å². The highest BCUT2D eigenvalue weighted by molar-refractivity contribution is 5.55. The van der Waals surface area contributed by atoms with Gasteiger partial charge in [0.1, 0.15) is 0 Å². The van der Waals surface area contributed by atoms with Crippen LogP contribution in [-0.2, 0) is 11.3 Å². The second-order valence-corrected chi connectivity index (χ2v) is 4.72. The third kappa shape index (κ3) is 4.18. The van der Waals surface area contributed by atoms with Crippen molar-refractivity contribution >= 4 is 11.4 Å². The summed E-state index contributed by atoms with van der Waals surface area (Å²) in [5.41, 5.74) is 1.96. The van der Waals surface area contributed by atoms with Gasteiger partial charge in [0.05, 0.1) is 11.5 Å². The zero-order chi connectivity index (χ0) is 15.1. The predicted octanol–water partition coefficient (Wildman–Crippen LogP) is 2.49. The molecule has 0 aromatic heterocycles. The van der Waals surface area contributed by atoms with Gasteiger partial charge in [-0.3, -0.25) is 15.0 Å². The zero-order valence-corrected chi connectivity index (χ0v) is 12.5. The fourth-order valence-electron chi connectivity index (χ4n) is 2.21. The molecular formula is C14H23N3O3. The van der Waals surface area contributed by atoms with E-state index in [1.54, 1.807) is 19.2 Å². The molecule has 0 radical (unpaired) electrons. The lowest BCUT2D eigenvalue weighted by molar-refractivity contribution is -0.384. The summed E-state index contributed by atoms with van der Waals surface area (Å²) in [6.07, 6.45) is 0. The van der Waals surface area contributed by atoms with Gasteiger partial charge in [0.25, 0.3) is 5.69 Å². The van der Waals surface area contributed by atoms with E-state index in [4.69, 9.17) is 4.74 Å². The SMILES string of the molecule is CCN(Cc1cc([N+](=O)[O-])ccc1NC)C(C)COC. The summed E-state index contributed by atoms with van der Waals surface area (Å²) in [6.45, 7) is 6.30. The largest absolute Gasteiger partial charge is 0.388 e. The van der Waals surface area contributed by atoms with Crippen LogP contribution in [0.3, 0.4) is 0 Å². The molecule has 1 rings (SSSR count). The maximum atomic E-state index is 10.9. The van der Waals surface area contributed by atoms with Gasteiger partial charge in [-0.15, -0.1) is 0 Å². The van der Waals surface area contributed by atoms with E-state index < -0.39 is 0 Å². The predicted molar refractivity (Wildman–Crippen MR) is 80.1 cm³/mol. The van der Waals surface area contributed by atoms with E-state index in [0.717, 1.165) is 17.8 Å². The molecule has 0 fully saturated rings. The number of nitrogens with zero attached hydrogens (tertiary/aromatic N) is 2. The number of methoxy groups -OCH3 is 1. The van der Waals surface area contributed by atoms with Crippen molar-refractivity contribution in [2.24, 2.45) is 0 Å². The summed E-state index contributed by atoms with van der Waals surface area (Å²) < 4.78 is 5.18. The van der Waals surface area contributed by atoms with E-state index >= 15 is 0 Å². The van der Waals surface area contributed by atoms with Crippen molar-refractivity contribution in [3.05, 3.63) is 33.9 Å². The summed E-state index contributed by atoms with van der Waals surface area (Å²) in [6, 6.07) is 5.16. The molecule has 1 unspecified atom stereocenters. The monoisotopic (exact) mass is 281 g/mol. The average molecular weight is 281 g/mol. The summed E-state index contributed by atoms with van der Waals surface area (Å²) >= 11 is 0. The lowest BCUT2D eigenvalue weighted by Gasteiger charge is -2.28. The van der Waals surface area contributed by atoms with Crippen LogP contribution in [0.15, 0.2) is 18.2 Å². The van der Waals surface area contributed by atoms with Crippen LogP contribution < -0.4 is 5.32 Å². The average Bonchev–Trinajstić information content (AvgIpc) is 2.44. The van der Waals surface area contributed by atoms with E-state index in [9.17, 15) is 10.1 Å². The fourth-order valence-corrected chi connectivity index (χ4v) is 2.21. The first-order chi connectivity index (χ1) is 9.53. The quantitative estimate of drug-likeness (QED) is 0.585. The number of hydrogen-bond acceptors (Lipinski definition) is 5. The Bertz CT molecular complexity index is 451. The molecule has 0 aliphatic heterocycles. The normalized spacial score (nSPS) is 12.4. The highest BCUT2D eigenvalue weighted by Crippen LogP contribution is 2.23. The molecule has 20 heavy (non-hydrogen) atoms. The minimum atomic E-state index is -0.363. The van der Waals surface area contributed by atoms with Gasteiger partial charge >= 0.3 is 0 Å². The standard InChI is InChI=1S/C14H23N3O3/c1-5-16(11(2)10-20-4)9-12-8-13(17(18)19)6-7-14(12)15-3/h6-8,11,15H,5,9-10H2,1-4H3. The van der Waals surface area contributed by atoms with Crippen molar-refractivity contribution in [3.63, 3.8) is 0 Å². The Kier molecular flexibility index (Phi) is 6.41. The van der Waals surface area contributed by atoms with Crippen molar-refractivity contribution in [3.8, 4) is 0 Å². The van der Waals surface area contributed by atoms with Crippen molar-refractivity contribution in [1.29, 1.82) is 0 Å². The number of likely N-dealkylation sites (N-methyl/N-ethyl adjacent to an activating group) is 1. The van der Waals surface area contributed by atoms with E-state index in [2.05, 4.69) is 24.1 Å². The minimum absolute atomic E-state index is 0.120. The molecule has 1 aromatic rings. The number of hydrogen-bond donors (Lipinski definition) is 1. The number of nitro groups is 1. The summed E-state index contributed by atoms with van der Waals surface area (Å²) in [7, 11) is 3.50. The zero-order valence-electron chi connectivity index (χ0n) is 12.5. The van der Waals surface area contributed by atoms with Crippen LogP contribution in [0.4, 0.5) is 11.4 Å². The third-order valence-electron chi connectivity index (χ3n) is 3.38. The van der Waals surface area contributed by atoms with E-state index in [1.807, 2.05) is 7.05 Å². The third-order valence-corrected chi connectivity index (χ3v) is 3.38. The molecule has 1 aromatic carbocycles. The number of ether oxygens (including phenoxy) is 1. The van der Waals surface area contributed by atoms with Gasteiger partial charge in [-0.2, -0.15) is 0 Å². The molecule has 0 amide bonds. The molecule has 0 heterocycles. The van der Waals surface area contributed by atoms with Gasteiger partial charge in [0, 0.05) is 44.6 Å². The topological polar surface area (TPSA) is 67.6 Å². The van der Waals surface area contributed by atoms with Crippen LogP contribution in [0.25, 0.3) is 0 Å². The van der Waals surface area contributed by atoms with Gasteiger partial charge in [0.15, 0.2) is 0 Å². The first-order valence-corrected chi connectivity index (χ1v) is 6.71. The highest BCUT2D eigenvalue weighted by Gasteiger charge is 2.16. The van der Waals surface area contributed by atoms with E-state index in [-0.39, 0.29) is 16.7 Å². The van der Waals surface area contributed by atoms with Gasteiger partial charge in [-0.05, 0) is 25.1 Å². The Morgan fingerprint density at radius 3 is 2.70 bits per heavy atom. The molecule has 1 atom stereocenters. The Hall–Kier alpha value is -1.66. The maximum Gasteiger partial charge on any atom is 0.269 e. The van der Waals surface area contributed by atoms with Gasteiger partial charge in [-0.25, -0.2) is 0 Å². The molecule has 0 bridgehead atoms. The first-order valence-electron chi connectivity index (χ1n) is 6.71. The number of anilines is 1. The Morgan fingerprint density at radius 2 is 2.20 bits per heavy atom. The minimum Gasteiger partial charge on any atom is -0.388 e. The number of nitrogens with one attached hydrogen (secondary N) is 1. The molecule has 0 aliphatic rings. The maximum absolute atomic E-state index is 10.9. The Morgan fingerprint density at radius 1 is 1.50 bits per heavy atom. The number of rotatable bonds is 8. The number of nitro benzene ring substituents is 1. The molecule has 112 valence electrons. The van der Waals surface area contributed by atoms with Crippen LogP contribution in [0.1, 0.15) is 19.4 Å². The van der Waals surface area contributed by atoms with Crippen LogP contribution in [-0.4, -0.2) is 43.2 Å². The molecule has 0 saturated heterocycles. The van der Waals surface area contributed by atoms with Crippen molar-refractivity contribution in [2.75, 3.05) is 32.6 Å². The van der Waals surface area contributed by atoms with Crippen molar-refractivity contribution in [2.45, 2.75) is 26.4 Å². The molecular weight excluding hydrogens is 258 g/mol. The number of benzene rings is 1. The summed E-state index contributed by atoms with van der Waals surface area (Å²) in [5, 5.41) is 14.0. The summed E-state index contributed by atoms with van der Waals surface area (Å²) in [4.78, 5) is 12.8. The van der Waals surface area contributed by atoms with E-state index in [0.29, 0.717) is 13.2 Å². The molecule has 0 aliphatic carbocycles. The lowest BCUT2D eigenvalue weighted by Crippen LogP contribution is -2.35. The second-order valence-electron chi connectivity index (χ2n) is 4.72. The van der Waals surface area contributed by atoms with Crippen LogP contribution in [0, 0.1) is 10.1 Å². The second kappa shape index (κ2) is 7.81. The van der Waals surface area contributed by atoms with Gasteiger partial charge in [0.2, 0.25) is 0 Å². The molecule has 0 spiro atoms. The van der Waals surface area contributed by atoms with Gasteiger partial charge in [-0.1, -0.05) is 6.92 Å². The molecule has 1 N–H and O–H groups in total. The lowest BCUT2D eigenvalue weighted by atomic mass is 10.1. The molecule has 6 heteroatoms. The van der Waals surface area contributed by atoms with Crippen LogP contribution in [0.5, 0.6) is 0 Å². The Balaban J connectivity index is 2.98. The van der Waals surface area contributed by atoms with Crippen LogP contribution in [0.2, 0.25) is 0 Å². The van der Waals surface area contributed by atoms with Crippen molar-refractivity contribution < 1.29 is 9.66 Å². The fraction of sp³-hybridized carbons (Fsp3) is 0.571.